The number of aliphatic hydroxyl groups is 1. The lowest BCUT2D eigenvalue weighted by atomic mass is 10.1. The predicted molar refractivity (Wildman–Crippen MR) is 69.2 cm³/mol. The van der Waals surface area contributed by atoms with Crippen LogP contribution in [-0.4, -0.2) is 19.3 Å². The number of hydrogen-bond acceptors (Lipinski definition) is 4. The molecule has 2 rings (SSSR count). The van der Waals surface area contributed by atoms with Crippen LogP contribution in [0.25, 0.3) is 11.0 Å². The van der Waals surface area contributed by atoms with Crippen LogP contribution in [0.15, 0.2) is 22.6 Å². The van der Waals surface area contributed by atoms with Gasteiger partial charge in [-0.1, -0.05) is 13.3 Å². The molecule has 1 aromatic heterocycles. The number of benzene rings is 1. The van der Waals surface area contributed by atoms with E-state index in [1.807, 2.05) is 13.0 Å². The van der Waals surface area contributed by atoms with Crippen molar-refractivity contribution in [3.05, 3.63) is 24.0 Å². The van der Waals surface area contributed by atoms with E-state index in [9.17, 15) is 5.11 Å². The highest BCUT2D eigenvalue weighted by Gasteiger charge is 2.16. The van der Waals surface area contributed by atoms with Gasteiger partial charge in [-0.2, -0.15) is 0 Å². The molecule has 0 amide bonds. The molecule has 0 fully saturated rings. The molecule has 1 heterocycles. The molecule has 1 aromatic carbocycles. The molecule has 4 nitrogen and oxygen atoms in total. The molecule has 18 heavy (non-hydrogen) atoms. The van der Waals surface area contributed by atoms with Gasteiger partial charge in [0.2, 0.25) is 0 Å². The Hall–Kier alpha value is -1.68. The van der Waals surface area contributed by atoms with Crippen molar-refractivity contribution in [3.8, 4) is 11.5 Å². The second-order valence-corrected chi connectivity index (χ2v) is 4.19. The summed E-state index contributed by atoms with van der Waals surface area (Å²) in [7, 11) is 3.19. The topological polar surface area (TPSA) is 51.8 Å². The van der Waals surface area contributed by atoms with Gasteiger partial charge in [-0.05, 0) is 12.5 Å². The average molecular weight is 250 g/mol. The van der Waals surface area contributed by atoms with E-state index in [0.717, 1.165) is 11.8 Å². The first-order chi connectivity index (χ1) is 8.69. The van der Waals surface area contributed by atoms with Crippen LogP contribution in [0.3, 0.4) is 0 Å². The fraction of sp³-hybridized carbons (Fsp3) is 0.429. The minimum atomic E-state index is -0.571. The molecule has 0 aliphatic carbocycles. The Morgan fingerprint density at radius 1 is 1.22 bits per heavy atom. The van der Waals surface area contributed by atoms with Crippen LogP contribution < -0.4 is 9.47 Å². The van der Waals surface area contributed by atoms with E-state index in [1.165, 1.54) is 0 Å². The number of fused-ring (bicyclic) bond motifs is 1. The molecule has 0 aliphatic heterocycles. The van der Waals surface area contributed by atoms with Gasteiger partial charge in [-0.25, -0.2) is 0 Å². The summed E-state index contributed by atoms with van der Waals surface area (Å²) < 4.78 is 16.1. The number of hydrogen-bond donors (Lipinski definition) is 1. The van der Waals surface area contributed by atoms with E-state index in [0.29, 0.717) is 29.3 Å². The van der Waals surface area contributed by atoms with Crippen molar-refractivity contribution < 1.29 is 19.0 Å². The second-order valence-electron chi connectivity index (χ2n) is 4.19. The SMILES string of the molecule is CCCC(O)c1cc2c(OC)cc(OC)cc2o1. The molecule has 0 aliphatic rings. The van der Waals surface area contributed by atoms with Gasteiger partial charge in [0, 0.05) is 12.1 Å². The average Bonchev–Trinajstić information content (AvgIpc) is 2.81. The Kier molecular flexibility index (Phi) is 3.77. The fourth-order valence-electron chi connectivity index (χ4n) is 1.97. The molecule has 1 atom stereocenters. The molecular weight excluding hydrogens is 232 g/mol. The molecule has 1 N–H and O–H groups in total. The zero-order chi connectivity index (χ0) is 13.1. The van der Waals surface area contributed by atoms with Gasteiger partial charge >= 0.3 is 0 Å². The summed E-state index contributed by atoms with van der Waals surface area (Å²) in [4.78, 5) is 0. The van der Waals surface area contributed by atoms with E-state index in [1.54, 1.807) is 26.4 Å². The highest BCUT2D eigenvalue weighted by molar-refractivity contribution is 5.86. The molecule has 1 unspecified atom stereocenters. The van der Waals surface area contributed by atoms with Gasteiger partial charge in [-0.3, -0.25) is 0 Å². The van der Waals surface area contributed by atoms with Crippen molar-refractivity contribution in [2.24, 2.45) is 0 Å². The Morgan fingerprint density at radius 2 is 2.00 bits per heavy atom. The second kappa shape index (κ2) is 5.31. The Bertz CT molecular complexity index is 530. The number of rotatable bonds is 5. The number of methoxy groups -OCH3 is 2. The molecule has 0 radical (unpaired) electrons. The van der Waals surface area contributed by atoms with E-state index in [-0.39, 0.29) is 0 Å². The van der Waals surface area contributed by atoms with Crippen molar-refractivity contribution in [2.45, 2.75) is 25.9 Å². The Labute approximate surface area is 106 Å². The maximum Gasteiger partial charge on any atom is 0.141 e. The summed E-state index contributed by atoms with van der Waals surface area (Å²) in [6.45, 7) is 2.02. The van der Waals surface area contributed by atoms with Crippen molar-refractivity contribution >= 4 is 11.0 Å². The number of furan rings is 1. The van der Waals surface area contributed by atoms with Gasteiger partial charge in [-0.15, -0.1) is 0 Å². The van der Waals surface area contributed by atoms with Gasteiger partial charge in [0.05, 0.1) is 19.6 Å². The molecule has 0 saturated carbocycles. The third-order valence-electron chi connectivity index (χ3n) is 2.94. The van der Waals surface area contributed by atoms with Gasteiger partial charge < -0.3 is 19.0 Å². The standard InChI is InChI=1S/C14H18O4/c1-4-5-11(15)14-8-10-12(17-3)6-9(16-2)7-13(10)18-14/h6-8,11,15H,4-5H2,1-3H3. The monoisotopic (exact) mass is 250 g/mol. The zero-order valence-corrected chi connectivity index (χ0v) is 10.9. The first-order valence-electron chi connectivity index (χ1n) is 6.03. The fourth-order valence-corrected chi connectivity index (χ4v) is 1.97. The van der Waals surface area contributed by atoms with Crippen molar-refractivity contribution in [2.75, 3.05) is 14.2 Å². The van der Waals surface area contributed by atoms with Crippen LogP contribution in [0.4, 0.5) is 0 Å². The van der Waals surface area contributed by atoms with Gasteiger partial charge in [0.25, 0.3) is 0 Å². The number of aliphatic hydroxyl groups excluding tert-OH is 1. The van der Waals surface area contributed by atoms with Crippen molar-refractivity contribution in [3.63, 3.8) is 0 Å². The minimum Gasteiger partial charge on any atom is -0.496 e. The van der Waals surface area contributed by atoms with Gasteiger partial charge in [0.1, 0.15) is 28.9 Å². The lowest BCUT2D eigenvalue weighted by molar-refractivity contribution is 0.141. The van der Waals surface area contributed by atoms with E-state index < -0.39 is 6.10 Å². The van der Waals surface area contributed by atoms with E-state index >= 15 is 0 Å². The first-order valence-corrected chi connectivity index (χ1v) is 6.03. The van der Waals surface area contributed by atoms with Crippen LogP contribution in [0.2, 0.25) is 0 Å². The third-order valence-corrected chi connectivity index (χ3v) is 2.94. The van der Waals surface area contributed by atoms with Crippen LogP contribution in [0, 0.1) is 0 Å². The van der Waals surface area contributed by atoms with Crippen molar-refractivity contribution in [1.29, 1.82) is 0 Å². The molecular formula is C14H18O4. The first kappa shape index (κ1) is 12.8. The van der Waals surface area contributed by atoms with Crippen LogP contribution in [0.1, 0.15) is 31.6 Å². The van der Waals surface area contributed by atoms with E-state index in [2.05, 4.69) is 0 Å². The lowest BCUT2D eigenvalue weighted by Crippen LogP contribution is -1.93. The van der Waals surface area contributed by atoms with Crippen molar-refractivity contribution in [1.82, 2.24) is 0 Å². The summed E-state index contributed by atoms with van der Waals surface area (Å²) in [6.07, 6.45) is 1.01. The Balaban J connectivity index is 2.49. The van der Waals surface area contributed by atoms with E-state index in [4.69, 9.17) is 13.9 Å². The van der Waals surface area contributed by atoms with Crippen LogP contribution in [-0.2, 0) is 0 Å². The lowest BCUT2D eigenvalue weighted by Gasteiger charge is -2.04. The van der Waals surface area contributed by atoms with Crippen LogP contribution >= 0.6 is 0 Å². The summed E-state index contributed by atoms with van der Waals surface area (Å²) in [5, 5.41) is 10.8. The minimum absolute atomic E-state index is 0.568. The molecule has 0 bridgehead atoms. The maximum absolute atomic E-state index is 9.95. The zero-order valence-electron chi connectivity index (χ0n) is 10.9. The highest BCUT2D eigenvalue weighted by Crippen LogP contribution is 2.35. The summed E-state index contributed by atoms with van der Waals surface area (Å²) in [5.41, 5.74) is 0.663. The quantitative estimate of drug-likeness (QED) is 0.884. The highest BCUT2D eigenvalue weighted by atomic mass is 16.5. The molecule has 0 saturated heterocycles. The number of ether oxygens (including phenoxy) is 2. The van der Waals surface area contributed by atoms with Gasteiger partial charge in [0.15, 0.2) is 0 Å². The third kappa shape index (κ3) is 2.29. The molecule has 98 valence electrons. The molecule has 4 heteroatoms. The largest absolute Gasteiger partial charge is 0.496 e. The Morgan fingerprint density at radius 3 is 2.61 bits per heavy atom. The molecule has 2 aromatic rings. The summed E-state index contributed by atoms with van der Waals surface area (Å²) in [5.74, 6) is 1.92. The smallest absolute Gasteiger partial charge is 0.141 e. The maximum atomic E-state index is 9.95. The van der Waals surface area contributed by atoms with Crippen LogP contribution in [0.5, 0.6) is 11.5 Å². The normalized spacial score (nSPS) is 12.7. The summed E-state index contributed by atoms with van der Waals surface area (Å²) >= 11 is 0. The summed E-state index contributed by atoms with van der Waals surface area (Å²) in [6, 6.07) is 5.42. The predicted octanol–water partition coefficient (Wildman–Crippen LogP) is 3.28. The molecule has 0 spiro atoms.